The monoisotopic (exact) mass is 425 g/mol. The molecule has 0 unspecified atom stereocenters. The highest BCUT2D eigenvalue weighted by Crippen LogP contribution is 2.32. The van der Waals surface area contributed by atoms with E-state index in [2.05, 4.69) is 31.2 Å². The second-order valence-electron chi connectivity index (χ2n) is 5.68. The van der Waals surface area contributed by atoms with Crippen LogP contribution in [0.5, 0.6) is 11.5 Å². The standard InChI is InChI=1S/C19H16BrN5O2/c1-26-15-5-3-12(9-16(15)27-2)14-10-18-21-7-8-25(18)19(23-14)24-17-6-4-13(20)11-22-17/h3-11H,1-2H3,(H,22,23,24). The van der Waals surface area contributed by atoms with Gasteiger partial charge in [-0.15, -0.1) is 0 Å². The normalized spacial score (nSPS) is 10.8. The molecule has 7 nitrogen and oxygen atoms in total. The number of imidazole rings is 1. The van der Waals surface area contributed by atoms with Crippen LogP contribution in [0.2, 0.25) is 0 Å². The van der Waals surface area contributed by atoms with Gasteiger partial charge in [0.1, 0.15) is 11.5 Å². The summed E-state index contributed by atoms with van der Waals surface area (Å²) in [7, 11) is 3.22. The minimum atomic E-state index is 0.615. The van der Waals surface area contributed by atoms with Crippen LogP contribution in [0, 0.1) is 0 Å². The van der Waals surface area contributed by atoms with Crippen LogP contribution in [-0.2, 0) is 0 Å². The molecule has 0 aliphatic rings. The molecule has 4 rings (SSSR count). The van der Waals surface area contributed by atoms with E-state index in [1.54, 1.807) is 26.6 Å². The third kappa shape index (κ3) is 3.43. The first-order valence-corrected chi connectivity index (χ1v) is 8.92. The summed E-state index contributed by atoms with van der Waals surface area (Å²) in [5.74, 6) is 2.61. The van der Waals surface area contributed by atoms with Crippen molar-refractivity contribution in [3.8, 4) is 22.8 Å². The Bertz CT molecular complexity index is 1100. The topological polar surface area (TPSA) is 73.6 Å². The number of nitrogens with zero attached hydrogens (tertiary/aromatic N) is 4. The molecule has 3 heterocycles. The fraction of sp³-hybridized carbons (Fsp3) is 0.105. The highest BCUT2D eigenvalue weighted by Gasteiger charge is 2.12. The molecule has 0 fully saturated rings. The summed E-state index contributed by atoms with van der Waals surface area (Å²) in [4.78, 5) is 13.5. The summed E-state index contributed by atoms with van der Waals surface area (Å²) in [6, 6.07) is 11.4. The summed E-state index contributed by atoms with van der Waals surface area (Å²) in [6.07, 6.45) is 5.31. The predicted molar refractivity (Wildman–Crippen MR) is 107 cm³/mol. The lowest BCUT2D eigenvalue weighted by Crippen LogP contribution is -2.03. The molecule has 3 aromatic heterocycles. The Morgan fingerprint density at radius 2 is 1.85 bits per heavy atom. The van der Waals surface area contributed by atoms with E-state index in [1.807, 2.05) is 47.0 Å². The molecule has 0 amide bonds. The van der Waals surface area contributed by atoms with E-state index in [4.69, 9.17) is 14.5 Å². The van der Waals surface area contributed by atoms with Crippen molar-refractivity contribution in [3.63, 3.8) is 0 Å². The number of aromatic nitrogens is 4. The lowest BCUT2D eigenvalue weighted by Gasteiger charge is -2.12. The molecule has 0 saturated heterocycles. The molecule has 0 radical (unpaired) electrons. The fourth-order valence-corrected chi connectivity index (χ4v) is 2.95. The Hall–Kier alpha value is -3.13. The Kier molecular flexibility index (Phi) is 4.64. The average molecular weight is 426 g/mol. The Labute approximate surface area is 164 Å². The number of benzene rings is 1. The van der Waals surface area contributed by atoms with Crippen LogP contribution in [0.15, 0.2) is 59.5 Å². The van der Waals surface area contributed by atoms with Crippen LogP contribution < -0.4 is 14.8 Å². The van der Waals surface area contributed by atoms with E-state index in [9.17, 15) is 0 Å². The lowest BCUT2D eigenvalue weighted by molar-refractivity contribution is 0.355. The quantitative estimate of drug-likeness (QED) is 0.513. The average Bonchev–Trinajstić information content (AvgIpc) is 3.18. The van der Waals surface area contributed by atoms with Crippen LogP contribution in [0.1, 0.15) is 0 Å². The van der Waals surface area contributed by atoms with E-state index in [0.29, 0.717) is 23.3 Å². The molecule has 1 N–H and O–H groups in total. The summed E-state index contributed by atoms with van der Waals surface area (Å²) in [5.41, 5.74) is 2.42. The molecule has 0 saturated carbocycles. The maximum Gasteiger partial charge on any atom is 0.214 e. The number of hydrogen-bond donors (Lipinski definition) is 1. The summed E-state index contributed by atoms with van der Waals surface area (Å²) >= 11 is 3.39. The molecule has 4 aromatic rings. The van der Waals surface area contributed by atoms with E-state index >= 15 is 0 Å². The zero-order valence-corrected chi connectivity index (χ0v) is 16.3. The minimum Gasteiger partial charge on any atom is -0.493 e. The predicted octanol–water partition coefficient (Wildman–Crippen LogP) is 4.31. The number of fused-ring (bicyclic) bond motifs is 1. The number of nitrogens with one attached hydrogen (secondary N) is 1. The van der Waals surface area contributed by atoms with Gasteiger partial charge in [0.15, 0.2) is 11.5 Å². The van der Waals surface area contributed by atoms with Crippen molar-refractivity contribution in [1.82, 2.24) is 19.4 Å². The van der Waals surface area contributed by atoms with Crippen molar-refractivity contribution in [2.24, 2.45) is 0 Å². The van der Waals surface area contributed by atoms with Crippen LogP contribution >= 0.6 is 15.9 Å². The van der Waals surface area contributed by atoms with Crippen molar-refractivity contribution in [3.05, 3.63) is 59.5 Å². The van der Waals surface area contributed by atoms with Gasteiger partial charge in [-0.05, 0) is 46.3 Å². The molecule has 1 aromatic carbocycles. The zero-order chi connectivity index (χ0) is 18.8. The summed E-state index contributed by atoms with van der Waals surface area (Å²) in [5, 5.41) is 3.25. The van der Waals surface area contributed by atoms with E-state index in [1.165, 1.54) is 0 Å². The van der Waals surface area contributed by atoms with Crippen LogP contribution in [0.25, 0.3) is 16.9 Å². The molecule has 0 atom stereocenters. The van der Waals surface area contributed by atoms with Crippen molar-refractivity contribution in [1.29, 1.82) is 0 Å². The van der Waals surface area contributed by atoms with Gasteiger partial charge in [-0.3, -0.25) is 4.40 Å². The van der Waals surface area contributed by atoms with Gasteiger partial charge in [0.05, 0.1) is 19.9 Å². The Morgan fingerprint density at radius 3 is 2.59 bits per heavy atom. The van der Waals surface area contributed by atoms with E-state index < -0.39 is 0 Å². The number of rotatable bonds is 5. The first-order chi connectivity index (χ1) is 13.2. The number of halogens is 1. The zero-order valence-electron chi connectivity index (χ0n) is 14.7. The highest BCUT2D eigenvalue weighted by molar-refractivity contribution is 9.10. The number of methoxy groups -OCH3 is 2. The Balaban J connectivity index is 1.79. The second-order valence-corrected chi connectivity index (χ2v) is 6.59. The van der Waals surface area contributed by atoms with Gasteiger partial charge in [0, 0.05) is 34.7 Å². The molecule has 27 heavy (non-hydrogen) atoms. The first kappa shape index (κ1) is 17.3. The van der Waals surface area contributed by atoms with Crippen LogP contribution in [-0.4, -0.2) is 33.6 Å². The molecular weight excluding hydrogens is 410 g/mol. The van der Waals surface area contributed by atoms with Gasteiger partial charge in [-0.25, -0.2) is 15.0 Å². The largest absolute Gasteiger partial charge is 0.493 e. The summed E-state index contributed by atoms with van der Waals surface area (Å²) < 4.78 is 13.5. The van der Waals surface area contributed by atoms with Gasteiger partial charge in [-0.2, -0.15) is 0 Å². The van der Waals surface area contributed by atoms with Gasteiger partial charge < -0.3 is 14.8 Å². The van der Waals surface area contributed by atoms with Crippen LogP contribution in [0.3, 0.4) is 0 Å². The van der Waals surface area contributed by atoms with Crippen molar-refractivity contribution >= 4 is 33.3 Å². The van der Waals surface area contributed by atoms with Crippen molar-refractivity contribution in [2.45, 2.75) is 0 Å². The smallest absolute Gasteiger partial charge is 0.214 e. The third-order valence-corrected chi connectivity index (χ3v) is 4.51. The molecule has 0 bridgehead atoms. The fourth-order valence-electron chi connectivity index (χ4n) is 2.72. The van der Waals surface area contributed by atoms with Gasteiger partial charge in [0.25, 0.3) is 0 Å². The van der Waals surface area contributed by atoms with Gasteiger partial charge >= 0.3 is 0 Å². The second kappa shape index (κ2) is 7.24. The van der Waals surface area contributed by atoms with Crippen molar-refractivity contribution < 1.29 is 9.47 Å². The molecule has 0 spiro atoms. The third-order valence-electron chi connectivity index (χ3n) is 4.04. The highest BCUT2D eigenvalue weighted by atomic mass is 79.9. The number of ether oxygens (including phenoxy) is 2. The first-order valence-electron chi connectivity index (χ1n) is 8.13. The van der Waals surface area contributed by atoms with E-state index in [-0.39, 0.29) is 0 Å². The van der Waals surface area contributed by atoms with Crippen LogP contribution in [0.4, 0.5) is 11.8 Å². The van der Waals surface area contributed by atoms with Crippen molar-refractivity contribution in [2.75, 3.05) is 19.5 Å². The molecule has 0 aliphatic heterocycles. The number of pyridine rings is 1. The molecular formula is C19H16BrN5O2. The number of anilines is 2. The van der Waals surface area contributed by atoms with Gasteiger partial charge in [-0.1, -0.05) is 0 Å². The molecule has 136 valence electrons. The maximum absolute atomic E-state index is 5.40. The van der Waals surface area contributed by atoms with Gasteiger partial charge in [0.2, 0.25) is 5.95 Å². The SMILES string of the molecule is COc1ccc(-c2cc3nccn3c(Nc3ccc(Br)cn3)n2)cc1OC. The Morgan fingerprint density at radius 1 is 1.00 bits per heavy atom. The lowest BCUT2D eigenvalue weighted by atomic mass is 10.1. The summed E-state index contributed by atoms with van der Waals surface area (Å²) in [6.45, 7) is 0. The minimum absolute atomic E-state index is 0.615. The van der Waals surface area contributed by atoms with E-state index in [0.717, 1.165) is 21.4 Å². The molecule has 8 heteroatoms. The molecule has 0 aliphatic carbocycles. The number of hydrogen-bond acceptors (Lipinski definition) is 6. The maximum atomic E-state index is 5.40.